The quantitative estimate of drug-likeness (QED) is 0.208. The third-order valence-corrected chi connectivity index (χ3v) is 3.40. The Labute approximate surface area is 151 Å². The van der Waals surface area contributed by atoms with Crippen LogP contribution >= 0.6 is 0 Å². The molecular formula is C16H19ClN8. The molecule has 0 aliphatic rings. The normalized spacial score (nSPS) is 11.8. The van der Waals surface area contributed by atoms with Gasteiger partial charge in [-0.2, -0.15) is 10.2 Å². The number of hydrazone groups is 1. The van der Waals surface area contributed by atoms with E-state index in [1.165, 1.54) is 0 Å². The van der Waals surface area contributed by atoms with Crippen LogP contribution < -0.4 is 33.3 Å². The molecule has 8 nitrogen and oxygen atoms in total. The number of amidine groups is 1. The zero-order chi connectivity index (χ0) is 16.8. The standard InChI is InChI=1S/C16H18N8.ClH/c1-23-11-5-3-7-14(23)19-21-16(13-9-10-17-18-13)22-20-15-8-4-6-12-24(15)2;/h3-12H,1-2H3,(H2,17,18,21,22);1H/b19-14-;. The topological polar surface area (TPSA) is 86.3 Å². The monoisotopic (exact) mass is 358 g/mol. The van der Waals surface area contributed by atoms with Crippen LogP contribution in [0, 0.1) is 0 Å². The molecule has 0 saturated carbocycles. The summed E-state index contributed by atoms with van der Waals surface area (Å²) in [5, 5.41) is 15.6. The van der Waals surface area contributed by atoms with Gasteiger partial charge in [-0.05, 0) is 24.3 Å². The third kappa shape index (κ3) is 4.67. The van der Waals surface area contributed by atoms with Crippen molar-refractivity contribution in [2.24, 2.45) is 24.3 Å². The Morgan fingerprint density at radius 1 is 1.20 bits per heavy atom. The van der Waals surface area contributed by atoms with E-state index in [-0.39, 0.29) is 12.4 Å². The molecule has 130 valence electrons. The van der Waals surface area contributed by atoms with E-state index in [1.54, 1.807) is 6.20 Å². The van der Waals surface area contributed by atoms with Crippen LogP contribution in [0.2, 0.25) is 0 Å². The zero-order valence-corrected chi connectivity index (χ0v) is 14.6. The fraction of sp³-hybridized carbons (Fsp3) is 0.125. The lowest BCUT2D eigenvalue weighted by Gasteiger charge is -2.03. The largest absolute Gasteiger partial charge is 1.00 e. The van der Waals surface area contributed by atoms with Gasteiger partial charge in [0.1, 0.15) is 5.69 Å². The molecule has 9 heteroatoms. The number of hydrogen-bond donors (Lipinski definition) is 3. The minimum Gasteiger partial charge on any atom is -1.00 e. The molecule has 0 bridgehead atoms. The van der Waals surface area contributed by atoms with Gasteiger partial charge in [0, 0.05) is 25.5 Å². The predicted octanol–water partition coefficient (Wildman–Crippen LogP) is -2.54. The Morgan fingerprint density at radius 3 is 2.76 bits per heavy atom. The molecule has 3 aromatic rings. The van der Waals surface area contributed by atoms with Crippen LogP contribution in [-0.2, 0) is 14.1 Å². The van der Waals surface area contributed by atoms with E-state index >= 15 is 0 Å². The van der Waals surface area contributed by atoms with E-state index in [0.29, 0.717) is 5.84 Å². The summed E-state index contributed by atoms with van der Waals surface area (Å²) in [4.78, 5) is 0. The molecule has 3 rings (SSSR count). The highest BCUT2D eigenvalue weighted by Gasteiger charge is 2.08. The lowest BCUT2D eigenvalue weighted by Crippen LogP contribution is -3.00. The minimum atomic E-state index is 0. The molecule has 0 aliphatic carbocycles. The molecule has 3 aromatic heterocycles. The number of nitrogens with one attached hydrogen (secondary N) is 3. The lowest BCUT2D eigenvalue weighted by molar-refractivity contribution is -0.657. The number of anilines is 1. The van der Waals surface area contributed by atoms with Gasteiger partial charge in [-0.25, -0.2) is 4.57 Å². The van der Waals surface area contributed by atoms with E-state index in [4.69, 9.17) is 0 Å². The highest BCUT2D eigenvalue weighted by atomic mass is 35.5. The highest BCUT2D eigenvalue weighted by Crippen LogP contribution is 1.99. The summed E-state index contributed by atoms with van der Waals surface area (Å²) < 4.78 is 3.84. The number of aryl methyl sites for hydroxylation is 2. The van der Waals surface area contributed by atoms with Crippen LogP contribution in [-0.4, -0.2) is 20.6 Å². The Bertz CT molecular complexity index is 898. The van der Waals surface area contributed by atoms with Gasteiger partial charge in [0.15, 0.2) is 5.49 Å². The Hall–Kier alpha value is -3.13. The molecule has 0 saturated heterocycles. The van der Waals surface area contributed by atoms with Crippen molar-refractivity contribution < 1.29 is 17.0 Å². The van der Waals surface area contributed by atoms with Crippen LogP contribution in [0.1, 0.15) is 5.69 Å². The fourth-order valence-corrected chi connectivity index (χ4v) is 2.03. The average molecular weight is 359 g/mol. The van der Waals surface area contributed by atoms with Gasteiger partial charge in [-0.15, -0.1) is 5.43 Å². The summed E-state index contributed by atoms with van der Waals surface area (Å²) >= 11 is 0. The van der Waals surface area contributed by atoms with Crippen molar-refractivity contribution in [3.05, 3.63) is 72.2 Å². The second-order valence-electron chi connectivity index (χ2n) is 5.13. The summed E-state index contributed by atoms with van der Waals surface area (Å²) in [5.41, 5.74) is 7.50. The van der Waals surface area contributed by atoms with Crippen LogP contribution in [0.15, 0.2) is 71.3 Å². The second-order valence-corrected chi connectivity index (χ2v) is 5.13. The minimum absolute atomic E-state index is 0. The Balaban J connectivity index is 0.00000225. The second kappa shape index (κ2) is 8.65. The molecule has 25 heavy (non-hydrogen) atoms. The summed E-state index contributed by atoms with van der Waals surface area (Å²) in [7, 11) is 3.87. The van der Waals surface area contributed by atoms with Gasteiger partial charge < -0.3 is 17.0 Å². The van der Waals surface area contributed by atoms with Crippen LogP contribution in [0.3, 0.4) is 0 Å². The number of halogens is 1. The number of rotatable bonds is 4. The SMILES string of the molecule is Cn1cccc/c1=N/NC(=NNc1cccc[n+]1C)c1ccn[nH]1.[Cl-]. The maximum Gasteiger partial charge on any atom is 0.299 e. The number of aromatic amines is 1. The van der Waals surface area contributed by atoms with E-state index in [2.05, 4.69) is 31.3 Å². The van der Waals surface area contributed by atoms with Gasteiger partial charge in [0.05, 0.1) is 13.2 Å². The average Bonchev–Trinajstić information content (AvgIpc) is 3.12. The van der Waals surface area contributed by atoms with Crippen molar-refractivity contribution in [3.8, 4) is 0 Å². The van der Waals surface area contributed by atoms with E-state index in [1.807, 2.05) is 78.1 Å². The van der Waals surface area contributed by atoms with Gasteiger partial charge in [0.2, 0.25) is 5.84 Å². The predicted molar refractivity (Wildman–Crippen MR) is 90.5 cm³/mol. The van der Waals surface area contributed by atoms with Crippen LogP contribution in [0.4, 0.5) is 5.82 Å². The Kier molecular flexibility index (Phi) is 6.30. The van der Waals surface area contributed by atoms with E-state index < -0.39 is 0 Å². The molecule has 0 atom stereocenters. The van der Waals surface area contributed by atoms with Crippen LogP contribution in [0.25, 0.3) is 0 Å². The first-order valence-corrected chi connectivity index (χ1v) is 7.43. The summed E-state index contributed by atoms with van der Waals surface area (Å²) in [6.45, 7) is 0. The molecule has 0 aromatic carbocycles. The molecule has 0 radical (unpaired) electrons. The van der Waals surface area contributed by atoms with E-state index in [9.17, 15) is 0 Å². The molecule has 0 amide bonds. The molecule has 0 fully saturated rings. The van der Waals surface area contributed by atoms with Gasteiger partial charge in [0.25, 0.3) is 5.82 Å². The lowest BCUT2D eigenvalue weighted by atomic mass is 10.4. The van der Waals surface area contributed by atoms with Crippen molar-refractivity contribution in [1.29, 1.82) is 0 Å². The number of nitrogens with zero attached hydrogens (tertiary/aromatic N) is 5. The molecule has 0 unspecified atom stereocenters. The molecular weight excluding hydrogens is 340 g/mol. The smallest absolute Gasteiger partial charge is 0.299 e. The van der Waals surface area contributed by atoms with Crippen molar-refractivity contribution in [2.45, 2.75) is 0 Å². The van der Waals surface area contributed by atoms with Gasteiger partial charge in [-0.3, -0.25) is 10.5 Å². The first-order valence-electron chi connectivity index (χ1n) is 7.43. The first-order chi connectivity index (χ1) is 11.7. The molecule has 0 spiro atoms. The summed E-state index contributed by atoms with van der Waals surface area (Å²) in [6, 6.07) is 13.4. The number of hydrogen-bond acceptors (Lipinski definition) is 4. The van der Waals surface area contributed by atoms with Gasteiger partial charge >= 0.3 is 0 Å². The highest BCUT2D eigenvalue weighted by molar-refractivity contribution is 5.96. The van der Waals surface area contributed by atoms with Gasteiger partial charge in [-0.1, -0.05) is 17.2 Å². The molecule has 0 aliphatic heterocycles. The maximum absolute atomic E-state index is 4.40. The summed E-state index contributed by atoms with van der Waals surface area (Å²) in [6.07, 6.45) is 5.53. The number of aromatic nitrogens is 4. The maximum atomic E-state index is 4.40. The Morgan fingerprint density at radius 2 is 2.04 bits per heavy atom. The zero-order valence-electron chi connectivity index (χ0n) is 13.9. The number of H-pyrrole nitrogens is 1. The van der Waals surface area contributed by atoms with Crippen molar-refractivity contribution in [3.63, 3.8) is 0 Å². The number of pyridine rings is 2. The first kappa shape index (κ1) is 18.2. The fourth-order valence-electron chi connectivity index (χ4n) is 2.03. The van der Waals surface area contributed by atoms with Crippen LogP contribution in [0.5, 0.6) is 0 Å². The van der Waals surface area contributed by atoms with Crippen molar-refractivity contribution >= 4 is 11.7 Å². The molecule has 3 heterocycles. The van der Waals surface area contributed by atoms with E-state index in [0.717, 1.165) is 17.0 Å². The molecule has 3 N–H and O–H groups in total. The van der Waals surface area contributed by atoms with Crippen molar-refractivity contribution in [1.82, 2.24) is 20.2 Å². The van der Waals surface area contributed by atoms with Crippen molar-refractivity contribution in [2.75, 3.05) is 5.43 Å². The third-order valence-electron chi connectivity index (χ3n) is 3.40. The summed E-state index contributed by atoms with van der Waals surface area (Å²) in [5.74, 6) is 1.38.